The fourth-order valence-electron chi connectivity index (χ4n) is 1.53. The Morgan fingerprint density at radius 3 is 1.47 bits per heavy atom. The minimum Gasteiger partial charge on any atom is -0.215 e. The van der Waals surface area contributed by atoms with Gasteiger partial charge < -0.3 is 0 Å². The Morgan fingerprint density at radius 1 is 0.733 bits per heavy atom. The highest BCUT2D eigenvalue weighted by Gasteiger charge is 2.03. The zero-order valence-electron chi connectivity index (χ0n) is 8.23. The molecule has 0 aliphatic rings. The van der Waals surface area contributed by atoms with E-state index in [0.717, 1.165) is 11.1 Å². The summed E-state index contributed by atoms with van der Waals surface area (Å²) in [5.74, 6) is 0. The summed E-state index contributed by atoms with van der Waals surface area (Å²) < 4.78 is 12.9. The van der Waals surface area contributed by atoms with Crippen molar-refractivity contribution < 1.29 is 4.39 Å². The maximum atomic E-state index is 12.9. The molecule has 0 heterocycles. The molecule has 2 aromatic carbocycles. The van der Waals surface area contributed by atoms with Crippen LogP contribution in [0.25, 0.3) is 5.57 Å². The Kier molecular flexibility index (Phi) is 2.93. The van der Waals surface area contributed by atoms with Crippen LogP contribution in [0.3, 0.4) is 0 Å². The maximum absolute atomic E-state index is 12.9. The molecule has 0 amide bonds. The summed E-state index contributed by atoms with van der Waals surface area (Å²) in [5, 5.41) is 0. The molecule has 0 aliphatic heterocycles. The van der Waals surface area contributed by atoms with E-state index in [0.29, 0.717) is 11.9 Å². The van der Waals surface area contributed by atoms with E-state index in [9.17, 15) is 4.39 Å². The molecule has 0 saturated carbocycles. The largest absolute Gasteiger partial charge is 0.215 e. The summed E-state index contributed by atoms with van der Waals surface area (Å²) in [6.45, 7) is 0. The summed E-state index contributed by atoms with van der Waals surface area (Å²) in [5.41, 5.74) is 2.41. The third kappa shape index (κ3) is 2.13. The maximum Gasteiger partial charge on any atom is 0.0951 e. The van der Waals surface area contributed by atoms with E-state index in [-0.39, 0.29) is 0 Å². The van der Waals surface area contributed by atoms with Crippen molar-refractivity contribution >= 4 is 5.57 Å². The van der Waals surface area contributed by atoms with Crippen LogP contribution in [0.4, 0.5) is 4.39 Å². The van der Waals surface area contributed by atoms with Gasteiger partial charge in [0.1, 0.15) is 0 Å². The summed E-state index contributed by atoms with van der Waals surface area (Å²) in [4.78, 5) is 0. The molecule has 0 saturated heterocycles. The second-order valence-electron chi connectivity index (χ2n) is 3.25. The quantitative estimate of drug-likeness (QED) is 0.640. The lowest BCUT2D eigenvalue weighted by Crippen LogP contribution is -1.85. The van der Waals surface area contributed by atoms with Crippen LogP contribution < -0.4 is 0 Å². The number of halogens is 1. The molecule has 2 aromatic rings. The first-order valence-corrected chi connectivity index (χ1v) is 4.83. The summed E-state index contributed by atoms with van der Waals surface area (Å²) in [6.07, 6.45) is 0.657. The molecule has 0 spiro atoms. The monoisotopic (exact) mass is 199 g/mol. The molecule has 15 heavy (non-hydrogen) atoms. The Bertz CT molecular complexity index is 402. The number of hydrogen-bond donors (Lipinski definition) is 0. The van der Waals surface area contributed by atoms with Gasteiger partial charge in [0.05, 0.1) is 6.33 Å². The Labute approximate surface area is 88.7 Å². The van der Waals surface area contributed by atoms with Crippen molar-refractivity contribution in [3.05, 3.63) is 78.1 Å². The van der Waals surface area contributed by atoms with Crippen molar-refractivity contribution in [3.63, 3.8) is 0 Å². The molecule has 0 bridgehead atoms. The zero-order valence-corrected chi connectivity index (χ0v) is 8.23. The average Bonchev–Trinajstić information content (AvgIpc) is 2.33. The van der Waals surface area contributed by atoms with Crippen molar-refractivity contribution in [3.8, 4) is 0 Å². The van der Waals surface area contributed by atoms with Crippen molar-refractivity contribution in [2.75, 3.05) is 0 Å². The van der Waals surface area contributed by atoms with E-state index in [1.165, 1.54) is 0 Å². The number of hydrogen-bond acceptors (Lipinski definition) is 0. The molecule has 0 aliphatic carbocycles. The van der Waals surface area contributed by atoms with Gasteiger partial charge in [0, 0.05) is 5.57 Å². The molecule has 2 rings (SSSR count). The van der Waals surface area contributed by atoms with E-state index < -0.39 is 0 Å². The van der Waals surface area contributed by atoms with Gasteiger partial charge >= 0.3 is 0 Å². The van der Waals surface area contributed by atoms with Gasteiger partial charge in [0.25, 0.3) is 0 Å². The highest BCUT2D eigenvalue weighted by atomic mass is 19.2. The molecular weight excluding hydrogens is 188 g/mol. The SMILES string of the molecule is F[13CH]=C(c1ccccc1)c1ccccc1. The standard InChI is InChI=1S/C14H11F/c15-11-14(12-7-3-1-4-8-12)13-9-5-2-6-10-13/h1-11H/i11+1. The second kappa shape index (κ2) is 4.56. The number of rotatable bonds is 2. The molecule has 0 unspecified atom stereocenters. The molecule has 0 radical (unpaired) electrons. The minimum absolute atomic E-state index is 0.621. The molecular formula is C14H11F. The van der Waals surface area contributed by atoms with Gasteiger partial charge in [0.2, 0.25) is 0 Å². The Balaban J connectivity index is 2.44. The molecule has 0 nitrogen and oxygen atoms in total. The lowest BCUT2D eigenvalue weighted by molar-refractivity contribution is 0.724. The van der Waals surface area contributed by atoms with Gasteiger partial charge in [-0.05, 0) is 11.1 Å². The Morgan fingerprint density at radius 2 is 1.13 bits per heavy atom. The predicted molar refractivity (Wildman–Crippen MR) is 61.1 cm³/mol. The van der Waals surface area contributed by atoms with Gasteiger partial charge in [-0.15, -0.1) is 0 Å². The highest BCUT2D eigenvalue weighted by Crippen LogP contribution is 2.22. The third-order valence-electron chi connectivity index (χ3n) is 2.28. The van der Waals surface area contributed by atoms with E-state index >= 15 is 0 Å². The van der Waals surface area contributed by atoms with Gasteiger partial charge in [-0.25, -0.2) is 4.39 Å². The van der Waals surface area contributed by atoms with Crippen molar-refractivity contribution in [2.24, 2.45) is 0 Å². The highest BCUT2D eigenvalue weighted by molar-refractivity contribution is 5.78. The third-order valence-corrected chi connectivity index (χ3v) is 2.28. The van der Waals surface area contributed by atoms with E-state index in [4.69, 9.17) is 0 Å². The van der Waals surface area contributed by atoms with Crippen LogP contribution in [0.15, 0.2) is 67.0 Å². The molecule has 0 fully saturated rings. The molecule has 74 valence electrons. The van der Waals surface area contributed by atoms with Gasteiger partial charge in [-0.3, -0.25) is 0 Å². The minimum atomic E-state index is 0.621. The zero-order chi connectivity index (χ0) is 10.5. The summed E-state index contributed by atoms with van der Waals surface area (Å²) in [6, 6.07) is 19.1. The lowest BCUT2D eigenvalue weighted by Gasteiger charge is -2.05. The van der Waals surface area contributed by atoms with Crippen LogP contribution in [0.2, 0.25) is 0 Å². The predicted octanol–water partition coefficient (Wildman–Crippen LogP) is 4.05. The molecule has 1 heteroatoms. The van der Waals surface area contributed by atoms with E-state index in [1.807, 2.05) is 60.7 Å². The van der Waals surface area contributed by atoms with Crippen molar-refractivity contribution in [2.45, 2.75) is 0 Å². The topological polar surface area (TPSA) is 0 Å². The van der Waals surface area contributed by atoms with Crippen LogP contribution in [0, 0.1) is 0 Å². The van der Waals surface area contributed by atoms with E-state index in [1.54, 1.807) is 0 Å². The Hall–Kier alpha value is -1.89. The van der Waals surface area contributed by atoms with E-state index in [2.05, 4.69) is 0 Å². The first kappa shape index (κ1) is 9.66. The fraction of sp³-hybridized carbons (Fsp3) is 0. The van der Waals surface area contributed by atoms with Crippen LogP contribution >= 0.6 is 0 Å². The lowest BCUT2D eigenvalue weighted by atomic mass is 10.0. The molecule has 0 aromatic heterocycles. The second-order valence-corrected chi connectivity index (χ2v) is 3.25. The van der Waals surface area contributed by atoms with Crippen LogP contribution in [0.1, 0.15) is 11.1 Å². The molecule has 0 N–H and O–H groups in total. The molecule has 0 atom stereocenters. The van der Waals surface area contributed by atoms with Crippen LogP contribution in [-0.4, -0.2) is 0 Å². The normalized spacial score (nSPS) is 9.67. The fourth-order valence-corrected chi connectivity index (χ4v) is 1.53. The number of benzene rings is 2. The van der Waals surface area contributed by atoms with Crippen LogP contribution in [0.5, 0.6) is 0 Å². The smallest absolute Gasteiger partial charge is 0.0951 e. The first-order valence-electron chi connectivity index (χ1n) is 4.83. The van der Waals surface area contributed by atoms with Crippen LogP contribution in [-0.2, 0) is 0 Å². The van der Waals surface area contributed by atoms with Crippen molar-refractivity contribution in [1.29, 1.82) is 0 Å². The first-order chi connectivity index (χ1) is 7.42. The van der Waals surface area contributed by atoms with Gasteiger partial charge in [-0.2, -0.15) is 0 Å². The van der Waals surface area contributed by atoms with Gasteiger partial charge in [-0.1, -0.05) is 60.7 Å². The van der Waals surface area contributed by atoms with Crippen molar-refractivity contribution in [1.82, 2.24) is 0 Å². The van der Waals surface area contributed by atoms with Gasteiger partial charge in [0.15, 0.2) is 0 Å². The summed E-state index contributed by atoms with van der Waals surface area (Å²) in [7, 11) is 0. The summed E-state index contributed by atoms with van der Waals surface area (Å²) >= 11 is 0. The average molecular weight is 199 g/mol.